The Bertz CT molecular complexity index is 1740. The summed E-state index contributed by atoms with van der Waals surface area (Å²) < 4.78 is 2.15. The zero-order chi connectivity index (χ0) is 22.5. The van der Waals surface area contributed by atoms with Gasteiger partial charge in [-0.15, -0.1) is 0 Å². The highest BCUT2D eigenvalue weighted by Crippen LogP contribution is 2.33. The molecule has 0 saturated heterocycles. The molecule has 4 aromatic carbocycles. The molecule has 3 aromatic heterocycles. The van der Waals surface area contributed by atoms with Crippen LogP contribution in [0.3, 0.4) is 0 Å². The van der Waals surface area contributed by atoms with Gasteiger partial charge in [0.05, 0.1) is 16.7 Å². The summed E-state index contributed by atoms with van der Waals surface area (Å²) in [6.45, 7) is 0. The lowest BCUT2D eigenvalue weighted by Crippen LogP contribution is -2.01. The standard InChI is InChI=1S/C30H20N4/c1-3-9-20(10-4-1)26-19-28(33-30(32-26)21-11-5-2-6-12-21)34-18-17-24-27(34)16-15-23-22-13-7-8-14-25(22)31-29(23)24/h1-19,31H. The molecule has 0 aliphatic heterocycles. The third-order valence-corrected chi connectivity index (χ3v) is 6.41. The molecule has 0 unspecified atom stereocenters. The van der Waals surface area contributed by atoms with Gasteiger partial charge >= 0.3 is 0 Å². The van der Waals surface area contributed by atoms with Gasteiger partial charge in [0.15, 0.2) is 5.82 Å². The lowest BCUT2D eigenvalue weighted by Gasteiger charge is -2.11. The Morgan fingerprint density at radius 3 is 2.15 bits per heavy atom. The number of nitrogens with zero attached hydrogens (tertiary/aromatic N) is 3. The summed E-state index contributed by atoms with van der Waals surface area (Å²) in [5.41, 5.74) is 6.37. The van der Waals surface area contributed by atoms with E-state index in [1.54, 1.807) is 0 Å². The van der Waals surface area contributed by atoms with Crippen LogP contribution >= 0.6 is 0 Å². The van der Waals surface area contributed by atoms with Crippen molar-refractivity contribution in [3.8, 4) is 28.5 Å². The van der Waals surface area contributed by atoms with Gasteiger partial charge in [-0.2, -0.15) is 0 Å². The van der Waals surface area contributed by atoms with Crippen molar-refractivity contribution < 1.29 is 0 Å². The molecule has 34 heavy (non-hydrogen) atoms. The maximum Gasteiger partial charge on any atom is 0.162 e. The predicted molar refractivity (Wildman–Crippen MR) is 139 cm³/mol. The minimum absolute atomic E-state index is 0.713. The van der Waals surface area contributed by atoms with E-state index in [0.29, 0.717) is 5.82 Å². The van der Waals surface area contributed by atoms with E-state index >= 15 is 0 Å². The average molecular weight is 437 g/mol. The van der Waals surface area contributed by atoms with E-state index in [1.807, 2.05) is 36.4 Å². The molecular weight excluding hydrogens is 416 g/mol. The van der Waals surface area contributed by atoms with Crippen LogP contribution in [-0.4, -0.2) is 19.5 Å². The minimum Gasteiger partial charge on any atom is -0.354 e. The van der Waals surface area contributed by atoms with Crippen LogP contribution in [0.4, 0.5) is 0 Å². The van der Waals surface area contributed by atoms with Crippen molar-refractivity contribution in [3.63, 3.8) is 0 Å². The molecule has 0 bridgehead atoms. The Hall–Kier alpha value is -4.70. The monoisotopic (exact) mass is 436 g/mol. The molecule has 0 amide bonds. The molecule has 0 aliphatic rings. The number of para-hydroxylation sites is 1. The van der Waals surface area contributed by atoms with Crippen molar-refractivity contribution >= 4 is 32.7 Å². The summed E-state index contributed by atoms with van der Waals surface area (Å²) in [5.74, 6) is 1.56. The first kappa shape index (κ1) is 18.8. The van der Waals surface area contributed by atoms with Crippen LogP contribution in [0.25, 0.3) is 61.2 Å². The average Bonchev–Trinajstić information content (AvgIpc) is 3.51. The fourth-order valence-corrected chi connectivity index (χ4v) is 4.77. The summed E-state index contributed by atoms with van der Waals surface area (Å²) in [7, 11) is 0. The highest BCUT2D eigenvalue weighted by Gasteiger charge is 2.14. The number of aromatic nitrogens is 4. The van der Waals surface area contributed by atoms with E-state index in [-0.39, 0.29) is 0 Å². The van der Waals surface area contributed by atoms with E-state index in [1.165, 1.54) is 16.2 Å². The molecule has 0 atom stereocenters. The lowest BCUT2D eigenvalue weighted by molar-refractivity contribution is 1.02. The Morgan fingerprint density at radius 2 is 1.32 bits per heavy atom. The fraction of sp³-hybridized carbons (Fsp3) is 0. The van der Waals surface area contributed by atoms with Crippen molar-refractivity contribution in [2.45, 2.75) is 0 Å². The van der Waals surface area contributed by atoms with Crippen LogP contribution in [0.5, 0.6) is 0 Å². The van der Waals surface area contributed by atoms with Gasteiger partial charge in [0.2, 0.25) is 0 Å². The lowest BCUT2D eigenvalue weighted by atomic mass is 10.1. The Labute approximate surface area is 196 Å². The quantitative estimate of drug-likeness (QED) is 0.314. The van der Waals surface area contributed by atoms with Crippen LogP contribution < -0.4 is 0 Å². The molecule has 0 fully saturated rings. The second-order valence-electron chi connectivity index (χ2n) is 8.44. The molecule has 7 rings (SSSR count). The molecule has 0 saturated carbocycles. The van der Waals surface area contributed by atoms with Gasteiger partial charge < -0.3 is 9.55 Å². The van der Waals surface area contributed by atoms with Crippen molar-refractivity contribution in [1.82, 2.24) is 19.5 Å². The van der Waals surface area contributed by atoms with Crippen LogP contribution in [0.15, 0.2) is 115 Å². The summed E-state index contributed by atoms with van der Waals surface area (Å²) in [6, 6.07) is 37.5. The zero-order valence-corrected chi connectivity index (χ0v) is 18.3. The number of rotatable bonds is 3. The summed E-state index contributed by atoms with van der Waals surface area (Å²) in [5, 5.41) is 3.65. The molecule has 0 radical (unpaired) electrons. The Morgan fingerprint density at radius 1 is 0.588 bits per heavy atom. The normalized spacial score (nSPS) is 11.5. The third kappa shape index (κ3) is 2.93. The predicted octanol–water partition coefficient (Wildman–Crippen LogP) is 7.39. The molecule has 0 aliphatic carbocycles. The van der Waals surface area contributed by atoms with Crippen LogP contribution in [0.2, 0.25) is 0 Å². The second kappa shape index (κ2) is 7.42. The van der Waals surface area contributed by atoms with Gasteiger partial charge in [0, 0.05) is 45.1 Å². The summed E-state index contributed by atoms with van der Waals surface area (Å²) in [4.78, 5) is 13.5. The molecule has 3 heterocycles. The minimum atomic E-state index is 0.713. The van der Waals surface area contributed by atoms with Crippen LogP contribution in [0, 0.1) is 0 Å². The van der Waals surface area contributed by atoms with Gasteiger partial charge in [-0.1, -0.05) is 84.9 Å². The van der Waals surface area contributed by atoms with E-state index in [0.717, 1.165) is 39.2 Å². The zero-order valence-electron chi connectivity index (χ0n) is 18.3. The first-order chi connectivity index (χ1) is 16.8. The number of fused-ring (bicyclic) bond motifs is 5. The number of hydrogen-bond acceptors (Lipinski definition) is 2. The number of aromatic amines is 1. The van der Waals surface area contributed by atoms with Gasteiger partial charge in [-0.05, 0) is 18.2 Å². The van der Waals surface area contributed by atoms with Crippen molar-refractivity contribution in [2.75, 3.05) is 0 Å². The molecule has 0 spiro atoms. The molecule has 4 heteroatoms. The maximum absolute atomic E-state index is 4.99. The highest BCUT2D eigenvalue weighted by molar-refractivity contribution is 6.16. The van der Waals surface area contributed by atoms with Gasteiger partial charge in [-0.25, -0.2) is 9.97 Å². The third-order valence-electron chi connectivity index (χ3n) is 6.41. The van der Waals surface area contributed by atoms with Crippen molar-refractivity contribution in [1.29, 1.82) is 0 Å². The largest absolute Gasteiger partial charge is 0.354 e. The van der Waals surface area contributed by atoms with Gasteiger partial charge in [-0.3, -0.25) is 0 Å². The second-order valence-corrected chi connectivity index (χ2v) is 8.44. The van der Waals surface area contributed by atoms with Gasteiger partial charge in [0.25, 0.3) is 0 Å². The van der Waals surface area contributed by atoms with Gasteiger partial charge in [0.1, 0.15) is 5.82 Å². The van der Waals surface area contributed by atoms with E-state index in [2.05, 4.69) is 88.5 Å². The molecular formula is C30H20N4. The number of nitrogens with one attached hydrogen (secondary N) is 1. The molecule has 7 aromatic rings. The van der Waals surface area contributed by atoms with Crippen molar-refractivity contribution in [2.24, 2.45) is 0 Å². The molecule has 160 valence electrons. The van der Waals surface area contributed by atoms with Crippen LogP contribution in [-0.2, 0) is 0 Å². The first-order valence-electron chi connectivity index (χ1n) is 11.4. The molecule has 1 N–H and O–H groups in total. The van der Waals surface area contributed by atoms with E-state index in [9.17, 15) is 0 Å². The highest BCUT2D eigenvalue weighted by atomic mass is 15.1. The smallest absolute Gasteiger partial charge is 0.162 e. The SMILES string of the molecule is c1ccc(-c2cc(-n3ccc4c5[nH]c6ccccc6c5ccc43)nc(-c3ccccc3)n2)cc1. The molecule has 4 nitrogen and oxygen atoms in total. The number of hydrogen-bond donors (Lipinski definition) is 1. The van der Waals surface area contributed by atoms with Crippen molar-refractivity contribution in [3.05, 3.63) is 115 Å². The number of H-pyrrole nitrogens is 1. The van der Waals surface area contributed by atoms with E-state index < -0.39 is 0 Å². The Balaban J connectivity index is 1.48. The maximum atomic E-state index is 4.99. The topological polar surface area (TPSA) is 46.5 Å². The summed E-state index contributed by atoms with van der Waals surface area (Å²) >= 11 is 0. The summed E-state index contributed by atoms with van der Waals surface area (Å²) in [6.07, 6.45) is 2.10. The number of benzene rings is 4. The fourth-order valence-electron chi connectivity index (χ4n) is 4.77. The first-order valence-corrected chi connectivity index (χ1v) is 11.4. The Kier molecular flexibility index (Phi) is 4.11. The van der Waals surface area contributed by atoms with Crippen LogP contribution in [0.1, 0.15) is 0 Å². The van der Waals surface area contributed by atoms with E-state index in [4.69, 9.17) is 9.97 Å².